The summed E-state index contributed by atoms with van der Waals surface area (Å²) in [6, 6.07) is 1.41. The van der Waals surface area contributed by atoms with E-state index in [1.807, 2.05) is 6.92 Å². The summed E-state index contributed by atoms with van der Waals surface area (Å²) in [5, 5.41) is 0. The van der Waals surface area contributed by atoms with E-state index in [9.17, 15) is 9.59 Å². The second-order valence-corrected chi connectivity index (χ2v) is 3.95. The first-order valence-corrected chi connectivity index (χ1v) is 5.66. The van der Waals surface area contributed by atoms with Gasteiger partial charge in [0.1, 0.15) is 6.54 Å². The molecular formula is C12H18N2O3. The van der Waals surface area contributed by atoms with E-state index in [0.29, 0.717) is 17.9 Å². The van der Waals surface area contributed by atoms with E-state index in [0.717, 1.165) is 12.8 Å². The van der Waals surface area contributed by atoms with E-state index in [2.05, 4.69) is 0 Å². The molecule has 1 aromatic rings. The molecule has 5 heteroatoms. The molecule has 1 heterocycles. The highest BCUT2D eigenvalue weighted by atomic mass is 16.5. The van der Waals surface area contributed by atoms with Gasteiger partial charge in [0, 0.05) is 12.3 Å². The van der Waals surface area contributed by atoms with Crippen LogP contribution in [0.4, 0.5) is 5.69 Å². The number of ether oxygens (including phenoxy) is 1. The molecule has 0 saturated carbocycles. The summed E-state index contributed by atoms with van der Waals surface area (Å²) in [6.07, 6.45) is 3.26. The van der Waals surface area contributed by atoms with E-state index < -0.39 is 5.97 Å². The number of aryl methyl sites for hydroxylation is 1. The first kappa shape index (κ1) is 13.3. The Hall–Kier alpha value is -1.78. The summed E-state index contributed by atoms with van der Waals surface area (Å²) in [5.74, 6) is -0.413. The minimum atomic E-state index is -0.413. The molecule has 1 aromatic heterocycles. The Morgan fingerprint density at radius 2 is 2.24 bits per heavy atom. The lowest BCUT2D eigenvalue weighted by Gasteiger charge is -2.08. The fourth-order valence-electron chi connectivity index (χ4n) is 1.32. The average Bonchev–Trinajstić information content (AvgIpc) is 2.26. The maximum atomic E-state index is 11.6. The SMILES string of the molecule is CCCCOC(=O)Cn1cc(N)c(C)cc1=O. The maximum absolute atomic E-state index is 11.6. The minimum absolute atomic E-state index is 0.0903. The van der Waals surface area contributed by atoms with Crippen LogP contribution in [0.3, 0.4) is 0 Å². The molecule has 0 bridgehead atoms. The molecule has 0 radical (unpaired) electrons. The number of hydrogen-bond donors (Lipinski definition) is 1. The van der Waals surface area contributed by atoms with Crippen molar-refractivity contribution in [3.63, 3.8) is 0 Å². The number of nitrogen functional groups attached to an aromatic ring is 1. The Labute approximate surface area is 100 Å². The smallest absolute Gasteiger partial charge is 0.326 e. The van der Waals surface area contributed by atoms with Crippen LogP contribution in [0, 0.1) is 6.92 Å². The lowest BCUT2D eigenvalue weighted by atomic mass is 10.2. The number of anilines is 1. The summed E-state index contributed by atoms with van der Waals surface area (Å²) in [5.41, 5.74) is 6.63. The molecule has 0 aliphatic heterocycles. The third-order valence-corrected chi connectivity index (χ3v) is 2.43. The van der Waals surface area contributed by atoms with Gasteiger partial charge in [0.25, 0.3) is 5.56 Å². The molecule has 1 rings (SSSR count). The van der Waals surface area contributed by atoms with Crippen LogP contribution < -0.4 is 11.3 Å². The Morgan fingerprint density at radius 1 is 1.53 bits per heavy atom. The molecule has 0 fully saturated rings. The molecular weight excluding hydrogens is 220 g/mol. The van der Waals surface area contributed by atoms with Crippen molar-refractivity contribution in [2.75, 3.05) is 12.3 Å². The van der Waals surface area contributed by atoms with Crippen LogP contribution in [-0.4, -0.2) is 17.1 Å². The predicted octanol–water partition coefficient (Wildman–Crippen LogP) is 1.08. The van der Waals surface area contributed by atoms with Gasteiger partial charge in [-0.1, -0.05) is 13.3 Å². The van der Waals surface area contributed by atoms with Crippen molar-refractivity contribution in [2.24, 2.45) is 0 Å². The lowest BCUT2D eigenvalue weighted by Crippen LogP contribution is -2.25. The molecule has 0 aliphatic carbocycles. The van der Waals surface area contributed by atoms with E-state index >= 15 is 0 Å². The molecule has 0 unspecified atom stereocenters. The van der Waals surface area contributed by atoms with Crippen LogP contribution in [0.25, 0.3) is 0 Å². The zero-order valence-electron chi connectivity index (χ0n) is 10.2. The van der Waals surface area contributed by atoms with Crippen molar-refractivity contribution in [1.82, 2.24) is 4.57 Å². The van der Waals surface area contributed by atoms with E-state index in [-0.39, 0.29) is 12.1 Å². The molecule has 0 atom stereocenters. The number of carbonyl (C=O) groups excluding carboxylic acids is 1. The Bertz CT molecular complexity index is 452. The molecule has 17 heavy (non-hydrogen) atoms. The number of aromatic nitrogens is 1. The van der Waals surface area contributed by atoms with Crippen molar-refractivity contribution in [2.45, 2.75) is 33.2 Å². The van der Waals surface area contributed by atoms with Crippen LogP contribution in [0.15, 0.2) is 17.1 Å². The van der Waals surface area contributed by atoms with E-state index in [4.69, 9.17) is 10.5 Å². The molecule has 94 valence electrons. The fraction of sp³-hybridized carbons (Fsp3) is 0.500. The van der Waals surface area contributed by atoms with Gasteiger partial charge in [0.05, 0.1) is 12.3 Å². The number of hydrogen-bond acceptors (Lipinski definition) is 4. The summed E-state index contributed by atoms with van der Waals surface area (Å²) in [6.45, 7) is 4.07. The van der Waals surface area contributed by atoms with Gasteiger partial charge in [-0.2, -0.15) is 0 Å². The molecule has 0 amide bonds. The van der Waals surface area contributed by atoms with Gasteiger partial charge in [-0.15, -0.1) is 0 Å². The second kappa shape index (κ2) is 6.08. The quantitative estimate of drug-likeness (QED) is 0.615. The first-order chi connectivity index (χ1) is 8.04. The maximum Gasteiger partial charge on any atom is 0.326 e. The second-order valence-electron chi connectivity index (χ2n) is 3.95. The van der Waals surface area contributed by atoms with Crippen molar-refractivity contribution in [3.05, 3.63) is 28.2 Å². The topological polar surface area (TPSA) is 74.3 Å². The number of unbranched alkanes of at least 4 members (excludes halogenated alkanes) is 1. The normalized spacial score (nSPS) is 10.2. The number of carbonyl (C=O) groups is 1. The Morgan fingerprint density at radius 3 is 2.88 bits per heavy atom. The highest BCUT2D eigenvalue weighted by Gasteiger charge is 2.07. The number of rotatable bonds is 5. The molecule has 5 nitrogen and oxygen atoms in total. The molecule has 0 spiro atoms. The molecule has 2 N–H and O–H groups in total. The van der Waals surface area contributed by atoms with E-state index in [1.54, 1.807) is 6.92 Å². The van der Waals surface area contributed by atoms with Crippen molar-refractivity contribution >= 4 is 11.7 Å². The minimum Gasteiger partial charge on any atom is -0.464 e. The van der Waals surface area contributed by atoms with Crippen LogP contribution in [0.5, 0.6) is 0 Å². The van der Waals surface area contributed by atoms with Gasteiger partial charge in [0.15, 0.2) is 0 Å². The molecule has 0 aromatic carbocycles. The molecule has 0 aliphatic rings. The third-order valence-electron chi connectivity index (χ3n) is 2.43. The number of pyridine rings is 1. The summed E-state index contributed by atoms with van der Waals surface area (Å²) in [7, 11) is 0. The van der Waals surface area contributed by atoms with Crippen molar-refractivity contribution in [3.8, 4) is 0 Å². The summed E-state index contributed by atoms with van der Waals surface area (Å²) in [4.78, 5) is 23.0. The van der Waals surface area contributed by atoms with Crippen molar-refractivity contribution in [1.29, 1.82) is 0 Å². The van der Waals surface area contributed by atoms with Gasteiger partial charge >= 0.3 is 5.97 Å². The van der Waals surface area contributed by atoms with Crippen molar-refractivity contribution < 1.29 is 9.53 Å². The molecule has 0 saturated heterocycles. The largest absolute Gasteiger partial charge is 0.464 e. The summed E-state index contributed by atoms with van der Waals surface area (Å²) >= 11 is 0. The van der Waals surface area contributed by atoms with Gasteiger partial charge in [-0.05, 0) is 18.9 Å². The fourth-order valence-corrected chi connectivity index (χ4v) is 1.32. The van der Waals surface area contributed by atoms with Gasteiger partial charge < -0.3 is 15.0 Å². The Kier molecular flexibility index (Phi) is 4.75. The summed E-state index contributed by atoms with van der Waals surface area (Å²) < 4.78 is 6.23. The predicted molar refractivity (Wildman–Crippen MR) is 65.7 cm³/mol. The zero-order chi connectivity index (χ0) is 12.8. The highest BCUT2D eigenvalue weighted by Crippen LogP contribution is 2.05. The first-order valence-electron chi connectivity index (χ1n) is 5.66. The monoisotopic (exact) mass is 238 g/mol. The lowest BCUT2D eigenvalue weighted by molar-refractivity contribution is -0.144. The van der Waals surface area contributed by atoms with Crippen LogP contribution in [0.1, 0.15) is 25.3 Å². The average molecular weight is 238 g/mol. The van der Waals surface area contributed by atoms with Gasteiger partial charge in [-0.25, -0.2) is 0 Å². The van der Waals surface area contributed by atoms with Gasteiger partial charge in [0.2, 0.25) is 0 Å². The highest BCUT2D eigenvalue weighted by molar-refractivity contribution is 5.69. The zero-order valence-corrected chi connectivity index (χ0v) is 10.2. The van der Waals surface area contributed by atoms with Crippen LogP contribution >= 0.6 is 0 Å². The standard InChI is InChI=1S/C12H18N2O3/c1-3-4-5-17-12(16)8-14-7-10(13)9(2)6-11(14)15/h6-7H,3-5,8,13H2,1-2H3. The van der Waals surface area contributed by atoms with Crippen LogP contribution in [0.2, 0.25) is 0 Å². The van der Waals surface area contributed by atoms with Gasteiger partial charge in [-0.3, -0.25) is 9.59 Å². The number of nitrogens with zero attached hydrogens (tertiary/aromatic N) is 1. The third kappa shape index (κ3) is 3.94. The number of esters is 1. The Balaban J connectivity index is 2.65. The van der Waals surface area contributed by atoms with Crippen LogP contribution in [-0.2, 0) is 16.1 Å². The van der Waals surface area contributed by atoms with E-state index in [1.165, 1.54) is 16.8 Å². The number of nitrogens with two attached hydrogens (primary N) is 1.